The Balaban J connectivity index is 1.48. The molecule has 1 unspecified atom stereocenters. The molecule has 1 saturated heterocycles. The van der Waals surface area contributed by atoms with Crippen LogP contribution in [0, 0.1) is 6.92 Å². The van der Waals surface area contributed by atoms with Gasteiger partial charge in [-0.25, -0.2) is 8.42 Å². The summed E-state index contributed by atoms with van der Waals surface area (Å²) in [6, 6.07) is 11.4. The van der Waals surface area contributed by atoms with Gasteiger partial charge in [-0.05, 0) is 31.2 Å². The molecule has 8 nitrogen and oxygen atoms in total. The van der Waals surface area contributed by atoms with Crippen LogP contribution in [0.3, 0.4) is 0 Å². The van der Waals surface area contributed by atoms with Crippen LogP contribution in [-0.2, 0) is 19.6 Å². The van der Waals surface area contributed by atoms with Crippen LogP contribution in [0.5, 0.6) is 11.5 Å². The molecule has 1 atom stereocenters. The zero-order chi connectivity index (χ0) is 20.4. The average molecular weight is 418 g/mol. The predicted octanol–water partition coefficient (Wildman–Crippen LogP) is 1.79. The van der Waals surface area contributed by atoms with E-state index in [9.17, 15) is 13.2 Å². The smallest absolute Gasteiger partial charge is 0.267 e. The number of morpholine rings is 1. The lowest BCUT2D eigenvalue weighted by Gasteiger charge is -2.32. The van der Waals surface area contributed by atoms with Gasteiger partial charge in [-0.1, -0.05) is 17.7 Å². The number of sulfonamides is 1. The van der Waals surface area contributed by atoms with Gasteiger partial charge in [-0.15, -0.1) is 0 Å². The summed E-state index contributed by atoms with van der Waals surface area (Å²) >= 11 is 0. The number of anilines is 1. The lowest BCUT2D eigenvalue weighted by Crippen LogP contribution is -2.50. The van der Waals surface area contributed by atoms with Crippen LogP contribution in [0.2, 0.25) is 0 Å². The van der Waals surface area contributed by atoms with E-state index in [0.29, 0.717) is 43.5 Å². The van der Waals surface area contributed by atoms with Crippen molar-refractivity contribution in [1.29, 1.82) is 0 Å². The highest BCUT2D eigenvalue weighted by molar-refractivity contribution is 7.92. The summed E-state index contributed by atoms with van der Waals surface area (Å²) in [5, 5.41) is 0. The summed E-state index contributed by atoms with van der Waals surface area (Å²) in [5.41, 5.74) is 1.51. The number of benzene rings is 2. The highest BCUT2D eigenvalue weighted by Crippen LogP contribution is 2.34. The first kappa shape index (κ1) is 19.5. The molecule has 1 fully saturated rings. The molecule has 0 aliphatic carbocycles. The number of nitrogens with zero attached hydrogens (tertiary/aromatic N) is 1. The van der Waals surface area contributed by atoms with Gasteiger partial charge >= 0.3 is 0 Å². The van der Waals surface area contributed by atoms with Gasteiger partial charge in [0.1, 0.15) is 6.61 Å². The third-order valence-electron chi connectivity index (χ3n) is 4.79. The zero-order valence-corrected chi connectivity index (χ0v) is 16.8. The largest absolute Gasteiger partial charge is 0.485 e. The molecule has 2 aromatic carbocycles. The van der Waals surface area contributed by atoms with Crippen molar-refractivity contribution in [3.05, 3.63) is 48.0 Å². The van der Waals surface area contributed by atoms with Crippen LogP contribution in [0.1, 0.15) is 5.56 Å². The van der Waals surface area contributed by atoms with E-state index in [-0.39, 0.29) is 17.4 Å². The van der Waals surface area contributed by atoms with Crippen molar-refractivity contribution in [2.45, 2.75) is 17.9 Å². The van der Waals surface area contributed by atoms with Crippen LogP contribution in [0.25, 0.3) is 0 Å². The molecule has 1 amide bonds. The third-order valence-corrected chi connectivity index (χ3v) is 6.17. The number of fused-ring (bicyclic) bond motifs is 1. The van der Waals surface area contributed by atoms with E-state index >= 15 is 0 Å². The first-order chi connectivity index (χ1) is 13.9. The van der Waals surface area contributed by atoms with Crippen LogP contribution >= 0.6 is 0 Å². The molecule has 2 aliphatic heterocycles. The Morgan fingerprint density at radius 2 is 1.79 bits per heavy atom. The molecule has 2 heterocycles. The van der Waals surface area contributed by atoms with Crippen molar-refractivity contribution >= 4 is 21.6 Å². The second-order valence-electron chi connectivity index (χ2n) is 6.94. The van der Waals surface area contributed by atoms with Crippen LogP contribution in [0.4, 0.5) is 5.69 Å². The normalized spacial score (nSPS) is 18.9. The lowest BCUT2D eigenvalue weighted by atomic mass is 10.2. The number of nitrogens with one attached hydrogen (secondary N) is 1. The maximum absolute atomic E-state index is 12.7. The molecule has 154 valence electrons. The lowest BCUT2D eigenvalue weighted by molar-refractivity contribution is -0.145. The molecule has 0 bridgehead atoms. The van der Waals surface area contributed by atoms with E-state index in [4.69, 9.17) is 14.2 Å². The Labute approximate surface area is 169 Å². The Kier molecular flexibility index (Phi) is 5.33. The fraction of sp³-hybridized carbons (Fsp3) is 0.350. The summed E-state index contributed by atoms with van der Waals surface area (Å²) in [5.74, 6) is 0.483. The Morgan fingerprint density at radius 1 is 1.07 bits per heavy atom. The minimum Gasteiger partial charge on any atom is -0.485 e. The maximum atomic E-state index is 12.7. The molecule has 1 N–H and O–H groups in total. The summed E-state index contributed by atoms with van der Waals surface area (Å²) in [7, 11) is -3.78. The summed E-state index contributed by atoms with van der Waals surface area (Å²) in [6.45, 7) is 4.01. The van der Waals surface area contributed by atoms with E-state index in [1.165, 1.54) is 18.2 Å². The van der Waals surface area contributed by atoms with Gasteiger partial charge < -0.3 is 19.1 Å². The van der Waals surface area contributed by atoms with Gasteiger partial charge in [-0.2, -0.15) is 0 Å². The average Bonchev–Trinajstić information content (AvgIpc) is 2.74. The minimum absolute atomic E-state index is 0.0259. The summed E-state index contributed by atoms with van der Waals surface area (Å²) < 4.78 is 44.6. The molecule has 2 aliphatic rings. The molecule has 0 saturated carbocycles. The van der Waals surface area contributed by atoms with Crippen molar-refractivity contribution in [2.24, 2.45) is 0 Å². The highest BCUT2D eigenvalue weighted by Gasteiger charge is 2.32. The number of ether oxygens (including phenoxy) is 3. The Morgan fingerprint density at radius 3 is 2.52 bits per heavy atom. The zero-order valence-electron chi connectivity index (χ0n) is 16.0. The van der Waals surface area contributed by atoms with Crippen molar-refractivity contribution in [3.63, 3.8) is 0 Å². The van der Waals surface area contributed by atoms with Crippen LogP contribution in [0.15, 0.2) is 47.4 Å². The standard InChI is InChI=1S/C20H22N2O6S/c1-14-2-4-15(5-3-14)21-29(24,25)16-6-7-17-18(12-16)27-13-19(28-17)20(23)22-8-10-26-11-9-22/h2-7,12,19,21H,8-11,13H2,1H3. The summed E-state index contributed by atoms with van der Waals surface area (Å²) in [6.07, 6.45) is -0.756. The molecular weight excluding hydrogens is 396 g/mol. The number of hydrogen-bond acceptors (Lipinski definition) is 6. The first-order valence-electron chi connectivity index (χ1n) is 9.32. The number of carbonyl (C=O) groups is 1. The number of amides is 1. The van der Waals surface area contributed by atoms with E-state index in [0.717, 1.165) is 5.56 Å². The van der Waals surface area contributed by atoms with Crippen molar-refractivity contribution in [1.82, 2.24) is 4.90 Å². The number of aryl methyl sites for hydroxylation is 1. The Hall–Kier alpha value is -2.78. The number of rotatable bonds is 4. The van der Waals surface area contributed by atoms with Gasteiger partial charge in [0.15, 0.2) is 11.5 Å². The molecule has 0 aromatic heterocycles. The second kappa shape index (κ2) is 7.92. The van der Waals surface area contributed by atoms with E-state index in [1.807, 2.05) is 19.1 Å². The van der Waals surface area contributed by atoms with E-state index in [2.05, 4.69) is 4.72 Å². The van der Waals surface area contributed by atoms with Gasteiger partial charge in [0.2, 0.25) is 6.10 Å². The number of hydrogen-bond donors (Lipinski definition) is 1. The summed E-state index contributed by atoms with van der Waals surface area (Å²) in [4.78, 5) is 14.3. The fourth-order valence-electron chi connectivity index (χ4n) is 3.16. The molecular formula is C20H22N2O6S. The minimum atomic E-state index is -3.78. The van der Waals surface area contributed by atoms with E-state index < -0.39 is 16.1 Å². The first-order valence-corrected chi connectivity index (χ1v) is 10.8. The van der Waals surface area contributed by atoms with Gasteiger partial charge in [0, 0.05) is 24.8 Å². The van der Waals surface area contributed by atoms with Gasteiger partial charge in [-0.3, -0.25) is 9.52 Å². The molecule has 0 radical (unpaired) electrons. The Bertz CT molecular complexity index is 1000. The molecule has 0 spiro atoms. The van der Waals surface area contributed by atoms with E-state index in [1.54, 1.807) is 17.0 Å². The SMILES string of the molecule is Cc1ccc(NS(=O)(=O)c2ccc3c(c2)OCC(C(=O)N2CCOCC2)O3)cc1. The van der Waals surface area contributed by atoms with Crippen LogP contribution in [-0.4, -0.2) is 58.2 Å². The number of carbonyl (C=O) groups excluding carboxylic acids is 1. The molecule has 9 heteroatoms. The molecule has 4 rings (SSSR count). The highest BCUT2D eigenvalue weighted by atomic mass is 32.2. The van der Waals surface area contributed by atoms with Crippen molar-refractivity contribution < 1.29 is 27.4 Å². The van der Waals surface area contributed by atoms with Crippen molar-refractivity contribution in [2.75, 3.05) is 37.6 Å². The molecule has 2 aromatic rings. The third kappa shape index (κ3) is 4.30. The maximum Gasteiger partial charge on any atom is 0.267 e. The van der Waals surface area contributed by atoms with Gasteiger partial charge in [0.05, 0.1) is 18.1 Å². The van der Waals surface area contributed by atoms with Gasteiger partial charge in [0.25, 0.3) is 15.9 Å². The van der Waals surface area contributed by atoms with Crippen LogP contribution < -0.4 is 14.2 Å². The molecule has 29 heavy (non-hydrogen) atoms. The monoisotopic (exact) mass is 418 g/mol. The second-order valence-corrected chi connectivity index (χ2v) is 8.62. The predicted molar refractivity (Wildman–Crippen MR) is 106 cm³/mol. The topological polar surface area (TPSA) is 94.2 Å². The quantitative estimate of drug-likeness (QED) is 0.814. The fourth-order valence-corrected chi connectivity index (χ4v) is 4.24. The van der Waals surface area contributed by atoms with Crippen molar-refractivity contribution in [3.8, 4) is 11.5 Å².